The van der Waals surface area contributed by atoms with Crippen molar-refractivity contribution in [3.63, 3.8) is 0 Å². The first-order chi connectivity index (χ1) is 66.6. The van der Waals surface area contributed by atoms with E-state index in [0.29, 0.717) is 130 Å². The smallest absolute Gasteiger partial charge is 0.158 e. The summed E-state index contributed by atoms with van der Waals surface area (Å²) >= 11 is 0. The first kappa shape index (κ1) is 147. The Labute approximate surface area is 841 Å². The number of carbonyl (C=O) groups is 10. The Morgan fingerprint density at radius 2 is 0.445 bits per heavy atom. The van der Waals surface area contributed by atoms with Crippen LogP contribution in [0.1, 0.15) is 475 Å². The van der Waals surface area contributed by atoms with Gasteiger partial charge in [0, 0.05) is 111 Å². The first-order valence-corrected chi connectivity index (χ1v) is 54.8. The molecule has 0 unspecified atom stereocenters. The number of unbranched alkanes of at least 4 members (excludes halogenated alkanes) is 40. The SMILES string of the molecule is C=CCOCC(=O)CC.CCC(=O)COC.CCC(=O)COC/C=C/c1ccccc1.CCC(=O)COCc1ccccc1.CCCCCCCCCCCCCCCCCCOCC(=O)CC.CCCCCCCCCCCCCCCCOCC(=O)CC.CCCCCCCCCCCCCCOCC(=O)CC.CCCCOCC(=O)CC.CCCOCC(=O)CC.CCOCC(=O)CC. The monoisotopic (exact) mass is 1940 g/mol. The number of ether oxygens (including phenoxy) is 10. The predicted molar refractivity (Wildman–Crippen MR) is 575 cm³/mol. The number of carbonyl (C=O) groups excluding carboxylic acids is 10. The van der Waals surface area contributed by atoms with Crippen LogP contribution in [0, 0.1) is 0 Å². The third kappa shape index (κ3) is 146. The molecular formula is C117H214O20. The van der Waals surface area contributed by atoms with Crippen molar-refractivity contribution in [3.8, 4) is 0 Å². The van der Waals surface area contributed by atoms with Crippen LogP contribution in [-0.2, 0) is 102 Å². The lowest BCUT2D eigenvalue weighted by atomic mass is 10.0. The molecule has 2 rings (SSSR count). The molecule has 0 aliphatic heterocycles. The van der Waals surface area contributed by atoms with E-state index >= 15 is 0 Å². The second-order valence-electron chi connectivity index (χ2n) is 34.5. The van der Waals surface area contributed by atoms with Crippen molar-refractivity contribution in [2.75, 3.05) is 126 Å². The average Bonchev–Trinajstić information content (AvgIpc) is 0.964. The molecule has 802 valence electrons. The Hall–Kier alpha value is -5.78. The van der Waals surface area contributed by atoms with Crippen LogP contribution in [0.15, 0.2) is 79.4 Å². The van der Waals surface area contributed by atoms with Crippen molar-refractivity contribution in [2.24, 2.45) is 0 Å². The maximum absolute atomic E-state index is 11.1. The molecule has 20 nitrogen and oxygen atoms in total. The highest BCUT2D eigenvalue weighted by molar-refractivity contribution is 5.82. The summed E-state index contributed by atoms with van der Waals surface area (Å²) in [5.41, 5.74) is 2.24. The molecule has 2 aromatic carbocycles. The Morgan fingerprint density at radius 3 is 0.686 bits per heavy atom. The summed E-state index contributed by atoms with van der Waals surface area (Å²) in [6, 6.07) is 19.8. The van der Waals surface area contributed by atoms with Gasteiger partial charge in [-0.25, -0.2) is 0 Å². The van der Waals surface area contributed by atoms with Crippen LogP contribution in [-0.4, -0.2) is 184 Å². The first-order valence-electron chi connectivity index (χ1n) is 54.8. The van der Waals surface area contributed by atoms with Gasteiger partial charge in [0.15, 0.2) is 57.8 Å². The molecule has 0 spiro atoms. The van der Waals surface area contributed by atoms with Crippen molar-refractivity contribution in [1.82, 2.24) is 0 Å². The van der Waals surface area contributed by atoms with Gasteiger partial charge in [-0.1, -0.05) is 440 Å². The maximum Gasteiger partial charge on any atom is 0.158 e. The van der Waals surface area contributed by atoms with Gasteiger partial charge in [-0.2, -0.15) is 0 Å². The Morgan fingerprint density at radius 1 is 0.226 bits per heavy atom. The fourth-order valence-electron chi connectivity index (χ4n) is 12.0. The van der Waals surface area contributed by atoms with Crippen molar-refractivity contribution in [1.29, 1.82) is 0 Å². The standard InChI is InChI=1S/C22H44O2.C20H40O2.C18H36O2.C13H16O2.C11H14O2.C8H16O2.C7H14O2.C7H12O2.C6H12O2.C5H10O2/c1-3-5-6-7-8-9-10-11-12-13-14-15-16-17-18-19-20-24-21-22(23)4-2;1-3-5-6-7-8-9-10-11-12-13-14-15-16-17-18-22-19-20(21)4-2;1-3-5-6-7-8-9-10-11-12-13-14-15-16-20-17-18(19)4-2;1-2-13(14)11-15-10-6-9-12-7-4-3-5-8-12;1-2-11(12)9-13-8-10-6-4-3-5-7-10;1-3-5-6-10-7-8(9)4-2;2*1-3-5-9-6-7(8)4-2;1-3-6(7)5-8-4-2;1-3-5(6)4-7-2/h3-21H2,1-2H3;3-19H2,1-2H3;3-17H2,1-2H3;3-9H,2,10-11H2,1H3;3-7H,2,8-9H2,1H3;3-7H2,1-2H3;3-6H2,1-2H3;3H,1,4-6H2,2H3;3-5H2,1-2H3;3-4H2,1-2H3/b;;;9-6+;;;;;;. The van der Waals surface area contributed by atoms with Crippen LogP contribution in [0.4, 0.5) is 0 Å². The molecule has 0 fully saturated rings. The van der Waals surface area contributed by atoms with Gasteiger partial charge >= 0.3 is 0 Å². The van der Waals surface area contributed by atoms with E-state index in [4.69, 9.17) is 42.6 Å². The third-order valence-electron chi connectivity index (χ3n) is 21.4. The number of hydrogen-bond acceptors (Lipinski definition) is 20. The number of hydrogen-bond donors (Lipinski definition) is 0. The number of rotatable bonds is 88. The molecule has 137 heavy (non-hydrogen) atoms. The zero-order chi connectivity index (χ0) is 104. The van der Waals surface area contributed by atoms with E-state index in [-0.39, 0.29) is 90.9 Å². The fraction of sp³-hybridized carbons (Fsp3) is 0.778. The molecule has 0 amide bonds. The van der Waals surface area contributed by atoms with Gasteiger partial charge < -0.3 is 47.4 Å². The zero-order valence-corrected chi connectivity index (χ0v) is 91.7. The fourth-order valence-corrected chi connectivity index (χ4v) is 12.0. The summed E-state index contributed by atoms with van der Waals surface area (Å²) < 4.78 is 50.7. The van der Waals surface area contributed by atoms with Gasteiger partial charge in [-0.3, -0.25) is 47.9 Å². The minimum atomic E-state index is 0.136. The van der Waals surface area contributed by atoms with Gasteiger partial charge in [-0.15, -0.1) is 6.58 Å². The summed E-state index contributed by atoms with van der Waals surface area (Å²) in [4.78, 5) is 107. The minimum absolute atomic E-state index is 0.136. The molecule has 0 aliphatic rings. The molecule has 0 aromatic heterocycles. The lowest BCUT2D eigenvalue weighted by molar-refractivity contribution is -0.124. The molecule has 20 heteroatoms. The number of methoxy groups -OCH3 is 1. The van der Waals surface area contributed by atoms with Crippen molar-refractivity contribution < 1.29 is 95.3 Å². The molecular weight excluding hydrogens is 1730 g/mol. The third-order valence-corrected chi connectivity index (χ3v) is 21.4. The van der Waals surface area contributed by atoms with E-state index in [0.717, 1.165) is 76.1 Å². The van der Waals surface area contributed by atoms with Crippen molar-refractivity contribution in [3.05, 3.63) is 90.5 Å². The predicted octanol–water partition coefficient (Wildman–Crippen LogP) is 30.2. The molecule has 0 saturated carbocycles. The summed E-state index contributed by atoms with van der Waals surface area (Å²) in [5.74, 6) is 1.77. The largest absolute Gasteiger partial charge is 0.377 e. The molecule has 0 N–H and O–H groups in total. The molecule has 0 atom stereocenters. The van der Waals surface area contributed by atoms with E-state index in [1.807, 2.05) is 156 Å². The molecule has 0 saturated heterocycles. The summed E-state index contributed by atoms with van der Waals surface area (Å²) in [6.45, 7) is 43.3. The van der Waals surface area contributed by atoms with Gasteiger partial charge in [0.05, 0.1) is 19.8 Å². The minimum Gasteiger partial charge on any atom is -0.377 e. The Balaban J connectivity index is -0.000000231. The highest BCUT2D eigenvalue weighted by Crippen LogP contribution is 2.17. The van der Waals surface area contributed by atoms with E-state index in [1.54, 1.807) is 6.08 Å². The van der Waals surface area contributed by atoms with E-state index < -0.39 is 0 Å². The Kier molecular flexibility index (Phi) is 144. The molecule has 0 heterocycles. The number of Topliss-reactive ketones (excluding diaryl/α,β-unsaturated/α-hetero) is 10. The van der Waals surface area contributed by atoms with Crippen LogP contribution in [0.5, 0.6) is 0 Å². The highest BCUT2D eigenvalue weighted by Gasteiger charge is 2.06. The summed E-state index contributed by atoms with van der Waals surface area (Å²) in [6.07, 6.45) is 72.2. The highest BCUT2D eigenvalue weighted by atomic mass is 16.5. The number of benzene rings is 2. The van der Waals surface area contributed by atoms with E-state index in [2.05, 4.69) is 39.0 Å². The molecule has 0 aliphatic carbocycles. The molecule has 0 bridgehead atoms. The second kappa shape index (κ2) is 134. The summed E-state index contributed by atoms with van der Waals surface area (Å²) in [7, 11) is 1.52. The average molecular weight is 1940 g/mol. The molecule has 2 aromatic rings. The maximum atomic E-state index is 11.1. The second-order valence-corrected chi connectivity index (χ2v) is 34.5. The van der Waals surface area contributed by atoms with Gasteiger partial charge in [0.1, 0.15) is 66.1 Å². The van der Waals surface area contributed by atoms with Crippen molar-refractivity contribution in [2.45, 2.75) is 471 Å². The lowest BCUT2D eigenvalue weighted by Gasteiger charge is -2.04. The van der Waals surface area contributed by atoms with E-state index in [1.165, 1.54) is 258 Å². The quantitative estimate of drug-likeness (QED) is 0.0440. The van der Waals surface area contributed by atoms with Crippen LogP contribution in [0.3, 0.4) is 0 Å². The zero-order valence-electron chi connectivity index (χ0n) is 91.7. The molecule has 0 radical (unpaired) electrons. The van der Waals surface area contributed by atoms with Crippen LogP contribution in [0.25, 0.3) is 6.08 Å². The van der Waals surface area contributed by atoms with Gasteiger partial charge in [0.2, 0.25) is 0 Å². The van der Waals surface area contributed by atoms with Crippen LogP contribution >= 0.6 is 0 Å². The van der Waals surface area contributed by atoms with Gasteiger partial charge in [0.25, 0.3) is 0 Å². The van der Waals surface area contributed by atoms with Crippen LogP contribution in [0.2, 0.25) is 0 Å². The van der Waals surface area contributed by atoms with Gasteiger partial charge in [-0.05, 0) is 50.2 Å². The topological polar surface area (TPSA) is 263 Å². The van der Waals surface area contributed by atoms with Crippen molar-refractivity contribution >= 4 is 63.9 Å². The Bertz CT molecular complexity index is 2850. The summed E-state index contributed by atoms with van der Waals surface area (Å²) in [5, 5.41) is 0. The lowest BCUT2D eigenvalue weighted by Crippen LogP contribution is -2.07. The van der Waals surface area contributed by atoms with E-state index in [9.17, 15) is 47.9 Å². The number of ketones is 10. The van der Waals surface area contributed by atoms with Crippen LogP contribution < -0.4 is 0 Å². The normalized spacial score (nSPS) is 10.3.